The number of alkyl halides is 3. The molecule has 0 aromatic carbocycles. The normalized spacial score (nSPS) is 24.2. The van der Waals surface area contributed by atoms with Crippen molar-refractivity contribution in [2.75, 3.05) is 7.05 Å². The Morgan fingerprint density at radius 3 is 2.62 bits per heavy atom. The van der Waals surface area contributed by atoms with Crippen molar-refractivity contribution in [3.8, 4) is 0 Å². The predicted molar refractivity (Wildman–Crippen MR) is 91.3 cm³/mol. The van der Waals surface area contributed by atoms with Crippen LogP contribution in [0.15, 0.2) is 23.5 Å². The molecule has 1 aromatic rings. The van der Waals surface area contributed by atoms with Crippen molar-refractivity contribution in [1.29, 1.82) is 0 Å². The zero-order chi connectivity index (χ0) is 18.7. The SMILES string of the molecule is CNC1CCC(c2nnc(COC3=CC(C(F)(F)F)=CCC3)n2C)CC1. The number of halogens is 3. The molecule has 1 fully saturated rings. The summed E-state index contributed by atoms with van der Waals surface area (Å²) in [7, 11) is 3.89. The lowest BCUT2D eigenvalue weighted by atomic mass is 9.85. The summed E-state index contributed by atoms with van der Waals surface area (Å²) in [5.74, 6) is 2.30. The van der Waals surface area contributed by atoms with E-state index >= 15 is 0 Å². The molecule has 26 heavy (non-hydrogen) atoms. The molecule has 0 radical (unpaired) electrons. The average Bonchev–Trinajstić information content (AvgIpc) is 3.00. The second-order valence-corrected chi connectivity index (χ2v) is 6.97. The van der Waals surface area contributed by atoms with Gasteiger partial charge in [-0.1, -0.05) is 6.08 Å². The van der Waals surface area contributed by atoms with Crippen molar-refractivity contribution >= 4 is 0 Å². The molecule has 8 heteroatoms. The Hall–Kier alpha value is -1.83. The molecule has 0 unspecified atom stereocenters. The standard InChI is InChI=1S/C18H25F3N4O/c1-22-14-8-6-12(7-9-14)17-24-23-16(25(17)2)11-26-15-5-3-4-13(10-15)18(19,20)21/h4,10,12,14,22H,3,5-9,11H2,1-2H3. The van der Waals surface area contributed by atoms with Crippen LogP contribution in [0.3, 0.4) is 0 Å². The van der Waals surface area contributed by atoms with Crippen LogP contribution in [-0.4, -0.2) is 34.0 Å². The van der Waals surface area contributed by atoms with Crippen LogP contribution in [0.5, 0.6) is 0 Å². The maximum Gasteiger partial charge on any atom is 0.416 e. The summed E-state index contributed by atoms with van der Waals surface area (Å²) in [6.45, 7) is 0.131. The van der Waals surface area contributed by atoms with Gasteiger partial charge in [0.1, 0.15) is 12.4 Å². The minimum Gasteiger partial charge on any atom is -0.490 e. The lowest BCUT2D eigenvalue weighted by Gasteiger charge is -2.27. The largest absolute Gasteiger partial charge is 0.490 e. The second kappa shape index (κ2) is 7.82. The van der Waals surface area contributed by atoms with Crippen LogP contribution in [0.25, 0.3) is 0 Å². The highest BCUT2D eigenvalue weighted by molar-refractivity contribution is 5.29. The van der Waals surface area contributed by atoms with Gasteiger partial charge < -0.3 is 14.6 Å². The van der Waals surface area contributed by atoms with Crippen molar-refractivity contribution in [3.05, 3.63) is 35.1 Å². The highest BCUT2D eigenvalue weighted by Crippen LogP contribution is 2.33. The van der Waals surface area contributed by atoms with Crippen LogP contribution >= 0.6 is 0 Å². The third-order valence-corrected chi connectivity index (χ3v) is 5.28. The van der Waals surface area contributed by atoms with Crippen LogP contribution < -0.4 is 5.32 Å². The van der Waals surface area contributed by atoms with Gasteiger partial charge in [0.05, 0.1) is 11.3 Å². The highest BCUT2D eigenvalue weighted by Gasteiger charge is 2.33. The summed E-state index contributed by atoms with van der Waals surface area (Å²) in [6, 6.07) is 0.566. The van der Waals surface area contributed by atoms with Gasteiger partial charge in [-0.2, -0.15) is 13.2 Å². The molecule has 5 nitrogen and oxygen atoms in total. The fourth-order valence-corrected chi connectivity index (χ4v) is 3.64. The summed E-state index contributed by atoms with van der Waals surface area (Å²) >= 11 is 0. The van der Waals surface area contributed by atoms with E-state index < -0.39 is 11.7 Å². The van der Waals surface area contributed by atoms with Crippen LogP contribution in [0.4, 0.5) is 13.2 Å². The van der Waals surface area contributed by atoms with Gasteiger partial charge in [0, 0.05) is 25.4 Å². The third kappa shape index (κ3) is 4.28. The topological polar surface area (TPSA) is 52.0 Å². The van der Waals surface area contributed by atoms with Gasteiger partial charge in [-0.15, -0.1) is 10.2 Å². The fourth-order valence-electron chi connectivity index (χ4n) is 3.64. The number of hydrogen-bond donors (Lipinski definition) is 1. The Bertz CT molecular complexity index is 685. The summed E-state index contributed by atoms with van der Waals surface area (Å²) < 4.78 is 45.9. The Morgan fingerprint density at radius 1 is 1.23 bits per heavy atom. The Kier molecular flexibility index (Phi) is 5.70. The quantitative estimate of drug-likeness (QED) is 0.858. The molecule has 2 aliphatic rings. The van der Waals surface area contributed by atoms with Gasteiger partial charge in [0.2, 0.25) is 0 Å². The van der Waals surface area contributed by atoms with Gasteiger partial charge in [0.15, 0.2) is 5.82 Å². The van der Waals surface area contributed by atoms with Gasteiger partial charge in [-0.05, 0) is 45.2 Å². The number of aromatic nitrogens is 3. The molecule has 0 atom stereocenters. The van der Waals surface area contributed by atoms with E-state index in [4.69, 9.17) is 4.74 Å². The smallest absolute Gasteiger partial charge is 0.416 e. The summed E-state index contributed by atoms with van der Waals surface area (Å²) in [6.07, 6.45) is 3.09. The van der Waals surface area contributed by atoms with Crippen LogP contribution in [0.2, 0.25) is 0 Å². The van der Waals surface area contributed by atoms with Gasteiger partial charge >= 0.3 is 6.18 Å². The number of nitrogens with one attached hydrogen (secondary N) is 1. The third-order valence-electron chi connectivity index (χ3n) is 5.28. The van der Waals surface area contributed by atoms with E-state index in [1.165, 1.54) is 6.08 Å². The average molecular weight is 370 g/mol. The van der Waals surface area contributed by atoms with E-state index in [1.807, 2.05) is 18.7 Å². The van der Waals surface area contributed by atoms with E-state index in [0.717, 1.165) is 37.6 Å². The summed E-state index contributed by atoms with van der Waals surface area (Å²) in [4.78, 5) is 0. The van der Waals surface area contributed by atoms with Crippen LogP contribution in [0.1, 0.15) is 56.1 Å². The van der Waals surface area contributed by atoms with Crippen LogP contribution in [-0.2, 0) is 18.4 Å². The van der Waals surface area contributed by atoms with Gasteiger partial charge in [0.25, 0.3) is 0 Å². The maximum atomic E-state index is 12.8. The zero-order valence-electron chi connectivity index (χ0n) is 15.1. The lowest BCUT2D eigenvalue weighted by Crippen LogP contribution is -2.30. The Balaban J connectivity index is 1.61. The molecule has 0 saturated heterocycles. The molecule has 3 rings (SSSR count). The van der Waals surface area contributed by atoms with E-state index in [0.29, 0.717) is 36.4 Å². The fraction of sp³-hybridized carbons (Fsp3) is 0.667. The first-order chi connectivity index (χ1) is 12.4. The number of ether oxygens (including phenoxy) is 1. The minimum absolute atomic E-state index is 0.131. The molecular formula is C18H25F3N4O. The van der Waals surface area contributed by atoms with Crippen molar-refractivity contribution in [1.82, 2.24) is 20.1 Å². The van der Waals surface area contributed by atoms with Gasteiger partial charge in [-0.3, -0.25) is 0 Å². The first kappa shape index (κ1) is 18.9. The monoisotopic (exact) mass is 370 g/mol. The molecular weight excluding hydrogens is 345 g/mol. The van der Waals surface area contributed by atoms with Crippen molar-refractivity contribution in [2.24, 2.45) is 7.05 Å². The lowest BCUT2D eigenvalue weighted by molar-refractivity contribution is -0.0891. The van der Waals surface area contributed by atoms with Gasteiger partial charge in [-0.25, -0.2) is 0 Å². The van der Waals surface area contributed by atoms with E-state index in [9.17, 15) is 13.2 Å². The number of allylic oxidation sites excluding steroid dienone is 4. The molecule has 1 saturated carbocycles. The first-order valence-electron chi connectivity index (χ1n) is 9.04. The molecule has 144 valence electrons. The highest BCUT2D eigenvalue weighted by atomic mass is 19.4. The van der Waals surface area contributed by atoms with E-state index in [-0.39, 0.29) is 6.61 Å². The number of rotatable bonds is 5. The summed E-state index contributed by atoms with van der Waals surface area (Å²) in [5, 5.41) is 11.8. The Morgan fingerprint density at radius 2 is 1.96 bits per heavy atom. The van der Waals surface area contributed by atoms with E-state index in [1.54, 1.807) is 0 Å². The molecule has 0 amide bonds. The summed E-state index contributed by atoms with van der Waals surface area (Å²) in [5.41, 5.74) is -0.640. The maximum absolute atomic E-state index is 12.8. The molecule has 1 aromatic heterocycles. The number of nitrogens with zero attached hydrogens (tertiary/aromatic N) is 3. The molecule has 0 bridgehead atoms. The molecule has 1 heterocycles. The molecule has 1 N–H and O–H groups in total. The van der Waals surface area contributed by atoms with Crippen molar-refractivity contribution in [2.45, 2.75) is 63.3 Å². The second-order valence-electron chi connectivity index (χ2n) is 6.97. The van der Waals surface area contributed by atoms with Crippen molar-refractivity contribution < 1.29 is 17.9 Å². The van der Waals surface area contributed by atoms with Crippen molar-refractivity contribution in [3.63, 3.8) is 0 Å². The predicted octanol–water partition coefficient (Wildman–Crippen LogP) is 3.74. The molecule has 2 aliphatic carbocycles. The Labute approximate surface area is 151 Å². The zero-order valence-corrected chi connectivity index (χ0v) is 15.1. The number of hydrogen-bond acceptors (Lipinski definition) is 4. The molecule has 0 spiro atoms. The van der Waals surface area contributed by atoms with E-state index in [2.05, 4.69) is 15.5 Å². The first-order valence-corrected chi connectivity index (χ1v) is 9.04. The molecule has 0 aliphatic heterocycles. The minimum atomic E-state index is -4.33. The van der Waals surface area contributed by atoms with Crippen LogP contribution in [0, 0.1) is 0 Å².